The Bertz CT molecular complexity index is 416. The van der Waals surface area contributed by atoms with E-state index < -0.39 is 12.7 Å². The highest BCUT2D eigenvalue weighted by molar-refractivity contribution is 6.31. The molecule has 0 unspecified atom stereocenters. The standard InChI is InChI=1S/C11H12ClF3N2/c12-7-1-4-9(16)10(5-7)17(8-2-3-8)6-11(13,14)15/h1,4-5,8H,2-3,6,16H2. The second-order valence-electron chi connectivity index (χ2n) is 4.18. The molecule has 1 aromatic rings. The third kappa shape index (κ3) is 3.19. The van der Waals surface area contributed by atoms with E-state index in [1.54, 1.807) is 6.07 Å². The van der Waals surface area contributed by atoms with E-state index in [2.05, 4.69) is 0 Å². The van der Waals surface area contributed by atoms with Crippen molar-refractivity contribution >= 4 is 23.0 Å². The van der Waals surface area contributed by atoms with Crippen molar-refractivity contribution in [2.75, 3.05) is 17.2 Å². The maximum absolute atomic E-state index is 12.5. The maximum Gasteiger partial charge on any atom is 0.405 e. The molecule has 1 aliphatic carbocycles. The van der Waals surface area contributed by atoms with Crippen LogP contribution >= 0.6 is 11.6 Å². The number of rotatable bonds is 3. The molecule has 0 amide bonds. The van der Waals surface area contributed by atoms with Crippen LogP contribution in [0.3, 0.4) is 0 Å². The van der Waals surface area contributed by atoms with E-state index in [4.69, 9.17) is 17.3 Å². The van der Waals surface area contributed by atoms with Gasteiger partial charge in [-0.25, -0.2) is 0 Å². The summed E-state index contributed by atoms with van der Waals surface area (Å²) in [5.41, 5.74) is 6.40. The molecule has 2 nitrogen and oxygen atoms in total. The normalized spacial score (nSPS) is 16.0. The number of alkyl halides is 3. The van der Waals surface area contributed by atoms with Crippen molar-refractivity contribution in [1.82, 2.24) is 0 Å². The number of anilines is 2. The SMILES string of the molecule is Nc1ccc(Cl)cc1N(CC(F)(F)F)C1CC1. The maximum atomic E-state index is 12.5. The third-order valence-corrected chi connectivity index (χ3v) is 2.87. The lowest BCUT2D eigenvalue weighted by Gasteiger charge is -2.27. The van der Waals surface area contributed by atoms with E-state index in [0.717, 1.165) is 12.8 Å². The average molecular weight is 265 g/mol. The quantitative estimate of drug-likeness (QED) is 0.847. The molecule has 1 aliphatic rings. The number of halogens is 4. The van der Waals surface area contributed by atoms with Gasteiger partial charge in [0.2, 0.25) is 0 Å². The summed E-state index contributed by atoms with van der Waals surface area (Å²) < 4.78 is 37.5. The van der Waals surface area contributed by atoms with Crippen molar-refractivity contribution in [3.8, 4) is 0 Å². The molecule has 6 heteroatoms. The van der Waals surface area contributed by atoms with Crippen molar-refractivity contribution < 1.29 is 13.2 Å². The van der Waals surface area contributed by atoms with Gasteiger partial charge in [0.1, 0.15) is 6.54 Å². The minimum Gasteiger partial charge on any atom is -0.397 e. The average Bonchev–Trinajstić information content (AvgIpc) is 3.00. The minimum atomic E-state index is -4.24. The molecule has 0 aliphatic heterocycles. The number of nitrogens with zero attached hydrogens (tertiary/aromatic N) is 1. The zero-order chi connectivity index (χ0) is 12.6. The lowest BCUT2D eigenvalue weighted by atomic mass is 10.2. The first-order chi connectivity index (χ1) is 7.87. The first kappa shape index (κ1) is 12.4. The number of nitrogens with two attached hydrogens (primary N) is 1. The van der Waals surface area contributed by atoms with Gasteiger partial charge in [0.15, 0.2) is 0 Å². The van der Waals surface area contributed by atoms with Gasteiger partial charge in [-0.05, 0) is 31.0 Å². The molecule has 2 N–H and O–H groups in total. The summed E-state index contributed by atoms with van der Waals surface area (Å²) in [6.07, 6.45) is -2.71. The first-order valence-electron chi connectivity index (χ1n) is 5.25. The Morgan fingerprint density at radius 2 is 2.00 bits per heavy atom. The Kier molecular flexibility index (Phi) is 3.12. The zero-order valence-corrected chi connectivity index (χ0v) is 9.72. The van der Waals surface area contributed by atoms with E-state index in [1.807, 2.05) is 0 Å². The molecule has 1 fully saturated rings. The van der Waals surface area contributed by atoms with Gasteiger partial charge in [-0.2, -0.15) is 13.2 Å². The third-order valence-electron chi connectivity index (χ3n) is 2.64. The van der Waals surface area contributed by atoms with Crippen LogP contribution in [0.2, 0.25) is 5.02 Å². The molecule has 94 valence electrons. The van der Waals surface area contributed by atoms with E-state index in [1.165, 1.54) is 17.0 Å². The van der Waals surface area contributed by atoms with Crippen LogP contribution in [0.1, 0.15) is 12.8 Å². The number of hydrogen-bond acceptors (Lipinski definition) is 2. The predicted octanol–water partition coefficient (Wildman–Crippen LogP) is 3.45. The monoisotopic (exact) mass is 264 g/mol. The zero-order valence-electron chi connectivity index (χ0n) is 8.97. The van der Waals surface area contributed by atoms with Crippen LogP contribution < -0.4 is 10.6 Å². The molecular formula is C11H12ClF3N2. The van der Waals surface area contributed by atoms with Crippen LogP contribution in [-0.2, 0) is 0 Å². The van der Waals surface area contributed by atoms with Gasteiger partial charge >= 0.3 is 6.18 Å². The van der Waals surface area contributed by atoms with Crippen molar-refractivity contribution in [1.29, 1.82) is 0 Å². The summed E-state index contributed by atoms with van der Waals surface area (Å²) >= 11 is 5.79. The Balaban J connectivity index is 2.29. The Hall–Kier alpha value is -1.10. The van der Waals surface area contributed by atoms with E-state index >= 15 is 0 Å². The molecule has 0 spiro atoms. The summed E-state index contributed by atoms with van der Waals surface area (Å²) in [6.45, 7) is -0.984. The van der Waals surface area contributed by atoms with Crippen LogP contribution in [0.4, 0.5) is 24.5 Å². The molecule has 17 heavy (non-hydrogen) atoms. The second kappa shape index (κ2) is 4.29. The second-order valence-corrected chi connectivity index (χ2v) is 4.61. The summed E-state index contributed by atoms with van der Waals surface area (Å²) in [5, 5.41) is 0.391. The fourth-order valence-corrected chi connectivity index (χ4v) is 1.92. The predicted molar refractivity (Wildman–Crippen MR) is 62.3 cm³/mol. The molecule has 0 radical (unpaired) electrons. The number of nitrogen functional groups attached to an aromatic ring is 1. The Morgan fingerprint density at radius 3 is 2.53 bits per heavy atom. The summed E-state index contributed by atoms with van der Waals surface area (Å²) in [4.78, 5) is 1.29. The number of benzene rings is 1. The van der Waals surface area contributed by atoms with Gasteiger partial charge in [0.25, 0.3) is 0 Å². The summed E-state index contributed by atoms with van der Waals surface area (Å²) in [7, 11) is 0. The molecule has 0 bridgehead atoms. The molecule has 0 atom stereocenters. The molecule has 1 aromatic carbocycles. The summed E-state index contributed by atoms with van der Waals surface area (Å²) in [5.74, 6) is 0. The van der Waals surface area contributed by atoms with Crippen molar-refractivity contribution in [3.05, 3.63) is 23.2 Å². The van der Waals surface area contributed by atoms with Crippen molar-refractivity contribution in [3.63, 3.8) is 0 Å². The van der Waals surface area contributed by atoms with Gasteiger partial charge in [-0.3, -0.25) is 0 Å². The van der Waals surface area contributed by atoms with Crippen LogP contribution in [-0.4, -0.2) is 18.8 Å². The Morgan fingerprint density at radius 1 is 1.35 bits per heavy atom. The topological polar surface area (TPSA) is 29.3 Å². The van der Waals surface area contributed by atoms with E-state index in [-0.39, 0.29) is 6.04 Å². The van der Waals surface area contributed by atoms with Gasteiger partial charge < -0.3 is 10.6 Å². The highest BCUT2D eigenvalue weighted by Gasteiger charge is 2.38. The molecular weight excluding hydrogens is 253 g/mol. The first-order valence-corrected chi connectivity index (χ1v) is 5.63. The van der Waals surface area contributed by atoms with Crippen LogP contribution in [0.15, 0.2) is 18.2 Å². The fraction of sp³-hybridized carbons (Fsp3) is 0.455. The van der Waals surface area contributed by atoms with Gasteiger partial charge in [-0.15, -0.1) is 0 Å². The smallest absolute Gasteiger partial charge is 0.397 e. The van der Waals surface area contributed by atoms with E-state index in [9.17, 15) is 13.2 Å². The van der Waals surface area contributed by atoms with Gasteiger partial charge in [0, 0.05) is 11.1 Å². The highest BCUT2D eigenvalue weighted by atomic mass is 35.5. The summed E-state index contributed by atoms with van der Waals surface area (Å²) in [6, 6.07) is 4.51. The molecule has 0 heterocycles. The van der Waals surface area contributed by atoms with Crippen LogP contribution in [0.5, 0.6) is 0 Å². The minimum absolute atomic E-state index is 0.0719. The van der Waals surface area contributed by atoms with Gasteiger partial charge in [-0.1, -0.05) is 11.6 Å². The van der Waals surface area contributed by atoms with Crippen molar-refractivity contribution in [2.45, 2.75) is 25.1 Å². The largest absolute Gasteiger partial charge is 0.405 e. The van der Waals surface area contributed by atoms with E-state index in [0.29, 0.717) is 16.4 Å². The molecule has 0 saturated heterocycles. The fourth-order valence-electron chi connectivity index (χ4n) is 1.76. The molecule has 2 rings (SSSR count). The highest BCUT2D eigenvalue weighted by Crippen LogP contribution is 2.38. The van der Waals surface area contributed by atoms with Crippen LogP contribution in [0, 0.1) is 0 Å². The number of hydrogen-bond donors (Lipinski definition) is 1. The molecule has 0 aromatic heterocycles. The molecule has 1 saturated carbocycles. The van der Waals surface area contributed by atoms with Crippen molar-refractivity contribution in [2.24, 2.45) is 0 Å². The lowest BCUT2D eigenvalue weighted by Crippen LogP contribution is -2.36. The van der Waals surface area contributed by atoms with Gasteiger partial charge in [0.05, 0.1) is 11.4 Å². The Labute approximate surface area is 102 Å². The lowest BCUT2D eigenvalue weighted by molar-refractivity contribution is -0.119. The van der Waals surface area contributed by atoms with Crippen LogP contribution in [0.25, 0.3) is 0 Å².